The van der Waals surface area contributed by atoms with Crippen molar-refractivity contribution in [3.63, 3.8) is 0 Å². The van der Waals surface area contributed by atoms with Crippen LogP contribution in [0.25, 0.3) is 44.0 Å². The lowest BCUT2D eigenvalue weighted by atomic mass is 9.72. The average molecular weight is 1220 g/mol. The molecule has 18 nitrogen and oxygen atoms in total. The number of amides is 3. The molecule has 3 aromatic carbocycles. The number of anilines is 1. The van der Waals surface area contributed by atoms with E-state index in [0.29, 0.717) is 89.9 Å². The van der Waals surface area contributed by atoms with Crippen LogP contribution in [0.5, 0.6) is 11.8 Å². The van der Waals surface area contributed by atoms with Crippen molar-refractivity contribution in [2.75, 3.05) is 70.5 Å². The van der Waals surface area contributed by atoms with Crippen molar-refractivity contribution in [1.29, 1.82) is 0 Å². The minimum Gasteiger partial charge on any atom is -0.543 e. The van der Waals surface area contributed by atoms with Crippen molar-refractivity contribution in [3.05, 3.63) is 81.9 Å². The fraction of sp³-hybridized carbons (Fsp3) is 0.567. The van der Waals surface area contributed by atoms with Crippen LogP contribution in [-0.2, 0) is 27.8 Å². The van der Waals surface area contributed by atoms with E-state index in [9.17, 15) is 24.3 Å². The topological polar surface area (TPSA) is 190 Å². The minimum atomic E-state index is -2.49. The third-order valence-electron chi connectivity index (χ3n) is 20.6. The highest BCUT2D eigenvalue weighted by Crippen LogP contribution is 2.48. The first-order chi connectivity index (χ1) is 42.0. The number of ether oxygens (including phenoxy) is 2. The molecule has 6 saturated heterocycles. The number of pyridine rings is 1. The number of hydrogen-bond acceptors (Lipinski definition) is 14. The van der Waals surface area contributed by atoms with Crippen molar-refractivity contribution in [2.24, 2.45) is 12.5 Å². The molecule has 0 aliphatic carbocycles. The third kappa shape index (κ3) is 11.1. The van der Waals surface area contributed by atoms with Crippen LogP contribution in [-0.4, -0.2) is 153 Å². The molecule has 6 aliphatic rings. The maximum atomic E-state index is 18.0. The van der Waals surface area contributed by atoms with Crippen LogP contribution in [0.1, 0.15) is 137 Å². The van der Waals surface area contributed by atoms with E-state index in [0.717, 1.165) is 69.1 Å². The van der Waals surface area contributed by atoms with E-state index in [2.05, 4.69) is 68.5 Å². The summed E-state index contributed by atoms with van der Waals surface area (Å²) in [6.45, 7) is 22.8. The third-order valence-corrected chi connectivity index (χ3v) is 26.7. The van der Waals surface area contributed by atoms with Gasteiger partial charge in [-0.15, -0.1) is 0 Å². The first-order valence-electron chi connectivity index (χ1n) is 31.9. The molecule has 1 spiro atoms. The van der Waals surface area contributed by atoms with Gasteiger partial charge in [-0.3, -0.25) is 38.8 Å². The van der Waals surface area contributed by atoms with Gasteiger partial charge in [0.15, 0.2) is 5.82 Å². The van der Waals surface area contributed by atoms with Gasteiger partial charge < -0.3 is 28.8 Å². The highest BCUT2D eigenvalue weighted by molar-refractivity contribution is 6.78. The molecule has 1 unspecified atom stereocenters. The van der Waals surface area contributed by atoms with E-state index in [1.165, 1.54) is 15.2 Å². The number of aryl methyl sites for hydroxylation is 2. The van der Waals surface area contributed by atoms with Gasteiger partial charge in [-0.1, -0.05) is 66.4 Å². The summed E-state index contributed by atoms with van der Waals surface area (Å²) in [6, 6.07) is 11.8. The number of nitrogens with one attached hydrogen (secondary N) is 1. The van der Waals surface area contributed by atoms with Gasteiger partial charge in [0.25, 0.3) is 8.32 Å². The fourth-order valence-electron chi connectivity index (χ4n) is 16.1. The number of β-amino-alcohol motifs (C(OH)–C–C–N with tert-alkyl or cyclic N) is 1. The number of imide groups is 1. The highest BCUT2D eigenvalue weighted by atomic mass is 28.4. The molecule has 0 saturated carbocycles. The lowest BCUT2D eigenvalue weighted by molar-refractivity contribution is -0.135. The molecular formula is C67H84F2N10O8Si. The lowest BCUT2D eigenvalue weighted by Crippen LogP contribution is -2.62. The Morgan fingerprint density at radius 2 is 1.64 bits per heavy atom. The second kappa shape index (κ2) is 23.8. The van der Waals surface area contributed by atoms with E-state index >= 15 is 8.78 Å². The maximum absolute atomic E-state index is 18.0. The Kier molecular flexibility index (Phi) is 16.5. The Labute approximate surface area is 514 Å². The van der Waals surface area contributed by atoms with Crippen LogP contribution in [0, 0.1) is 28.9 Å². The molecule has 0 bridgehead atoms. The molecule has 6 aromatic rings. The number of benzene rings is 3. The summed E-state index contributed by atoms with van der Waals surface area (Å²) in [7, 11) is -0.817. The van der Waals surface area contributed by atoms with Gasteiger partial charge >= 0.3 is 17.8 Å². The predicted molar refractivity (Wildman–Crippen MR) is 337 cm³/mol. The number of rotatable bonds is 15. The summed E-state index contributed by atoms with van der Waals surface area (Å²) >= 11 is 0. The molecule has 6 aliphatic heterocycles. The van der Waals surface area contributed by atoms with E-state index in [1.54, 1.807) is 26.2 Å². The van der Waals surface area contributed by atoms with Crippen molar-refractivity contribution in [1.82, 2.24) is 44.1 Å². The van der Waals surface area contributed by atoms with Crippen LogP contribution in [0.4, 0.5) is 19.4 Å². The molecule has 88 heavy (non-hydrogen) atoms. The largest absolute Gasteiger partial charge is 0.543 e. The van der Waals surface area contributed by atoms with Gasteiger partial charge in [0.1, 0.15) is 47.9 Å². The van der Waals surface area contributed by atoms with Crippen LogP contribution in [0.3, 0.4) is 0 Å². The zero-order valence-corrected chi connectivity index (χ0v) is 53.4. The Morgan fingerprint density at radius 3 is 2.35 bits per heavy atom. The van der Waals surface area contributed by atoms with Gasteiger partial charge in [-0.05, 0) is 160 Å². The first-order valence-corrected chi connectivity index (χ1v) is 34.0. The smallest absolute Gasteiger partial charge is 0.409 e. The predicted octanol–water partition coefficient (Wildman–Crippen LogP) is 10.2. The molecular weight excluding hydrogens is 1140 g/mol. The molecule has 4 atom stereocenters. The SMILES string of the molecule is CCc1c(F)ccc2cc(O[Si](C(C)C)(C(C)C)C(C)C)cc(-c3ncc4c(N5CCC[C@@](C)(O)C5)nc(OC[C@@]56CCCN5[C@H](COC(=O)N5CC7(CCN(CC#Cc8ccc9c(c8)n(C)c(=O)n9C8CCC(=O)NC8=O)CC7)C5)CC6)nc4c3F)c12. The number of carbonyl (C=O) groups is 3. The average Bonchev–Trinajstić information content (AvgIpc) is 0.906. The summed E-state index contributed by atoms with van der Waals surface area (Å²) in [6.07, 6.45) is 8.77. The number of aliphatic hydroxyl groups is 1. The number of fused-ring (bicyclic) bond motifs is 4. The quantitative estimate of drug-likeness (QED) is 0.0561. The van der Waals surface area contributed by atoms with Gasteiger partial charge in [-0.25, -0.2) is 18.4 Å². The maximum Gasteiger partial charge on any atom is 0.409 e. The van der Waals surface area contributed by atoms with Gasteiger partial charge in [0.2, 0.25) is 11.8 Å². The molecule has 6 fully saturated rings. The summed E-state index contributed by atoms with van der Waals surface area (Å²) in [5, 5.41) is 15.4. The number of halogens is 2. The van der Waals surface area contributed by atoms with Crippen molar-refractivity contribution in [3.8, 4) is 34.9 Å². The number of carbonyl (C=O) groups excluding carboxylic acids is 3. The van der Waals surface area contributed by atoms with E-state index in [-0.39, 0.29) is 107 Å². The number of aromatic nitrogens is 5. The zero-order valence-electron chi connectivity index (χ0n) is 52.4. The first kappa shape index (κ1) is 61.3. The van der Waals surface area contributed by atoms with Gasteiger partial charge in [0, 0.05) is 68.4 Å². The Bertz CT molecular complexity index is 3840. The molecule has 12 rings (SSSR count). The molecule has 3 aromatic heterocycles. The van der Waals surface area contributed by atoms with Crippen LogP contribution in [0.15, 0.2) is 53.5 Å². The van der Waals surface area contributed by atoms with Crippen molar-refractivity contribution in [2.45, 2.75) is 166 Å². The van der Waals surface area contributed by atoms with Crippen molar-refractivity contribution >= 4 is 64.8 Å². The number of nitrogens with zero attached hydrogens (tertiary/aromatic N) is 9. The second-order valence-electron chi connectivity index (χ2n) is 27.3. The van der Waals surface area contributed by atoms with Crippen LogP contribution < -0.4 is 25.1 Å². The number of hydrogen-bond donors (Lipinski definition) is 2. The number of likely N-dealkylation sites (tertiary alicyclic amines) is 2. The monoisotopic (exact) mass is 1220 g/mol. The molecule has 21 heteroatoms. The summed E-state index contributed by atoms with van der Waals surface area (Å²) < 4.78 is 56.9. The van der Waals surface area contributed by atoms with E-state index < -0.39 is 31.7 Å². The Hall–Kier alpha value is -6.99. The Balaban J connectivity index is 0.709. The Morgan fingerprint density at radius 1 is 0.886 bits per heavy atom. The molecule has 3 amide bonds. The number of imidazole rings is 1. The highest BCUT2D eigenvalue weighted by Gasteiger charge is 2.52. The van der Waals surface area contributed by atoms with Crippen LogP contribution in [0.2, 0.25) is 16.6 Å². The zero-order chi connectivity index (χ0) is 62.2. The standard InChI is InChI=1S/C67H84F2N10O8Si/c1-10-48-51(68)17-16-45-33-47(87-88(41(2)3,42(4)5)43(6)7)34-49(56(45)48)58-57(69)59-50(35-70-58)60(76-28-12-22-65(8,84)37-76)73-62(72-59)86-40-67-23-13-29-78(67)46(21-24-67)36-85-64(83)77-38-66(39-77)25-30-75(31-26-66)27-11-14-44-15-18-52-54(32-44)74(9)63(82)79(52)53-19-20-55(80)71-61(53)81/h15-18,32-35,41-43,46,53,84H,10,12-13,19-31,36-40H2,1-9H3,(H,71,80,81)/t46-,53?,65+,67-/m0/s1. The molecule has 468 valence electrons. The normalized spacial score (nSPS) is 23.4. The van der Waals surface area contributed by atoms with Gasteiger partial charge in [-0.2, -0.15) is 9.97 Å². The summed E-state index contributed by atoms with van der Waals surface area (Å²) in [5.41, 5.74) is 2.15. The van der Waals surface area contributed by atoms with Crippen molar-refractivity contribution < 1.29 is 42.2 Å². The number of piperidine rings is 3. The molecule has 9 heterocycles. The summed E-state index contributed by atoms with van der Waals surface area (Å²) in [4.78, 5) is 74.5. The van der Waals surface area contributed by atoms with Gasteiger partial charge in [0.05, 0.1) is 34.1 Å². The summed E-state index contributed by atoms with van der Waals surface area (Å²) in [5.74, 6) is 5.74. The lowest BCUT2D eigenvalue weighted by Gasteiger charge is -2.53. The fourth-order valence-corrected chi connectivity index (χ4v) is 21.4. The second-order valence-corrected chi connectivity index (χ2v) is 32.7. The van der Waals surface area contributed by atoms with E-state index in [4.69, 9.17) is 28.9 Å². The van der Waals surface area contributed by atoms with E-state index in [1.807, 2.05) is 47.1 Å². The molecule has 2 N–H and O–H groups in total. The minimum absolute atomic E-state index is 0.000961. The van der Waals surface area contributed by atoms with Crippen LogP contribution >= 0.6 is 0 Å². The molecule has 0 radical (unpaired) electrons.